The predicted octanol–water partition coefficient (Wildman–Crippen LogP) is 0.479. The Kier molecular flexibility index (Phi) is 4.92. The fourth-order valence-corrected chi connectivity index (χ4v) is 3.20. The number of aromatic nitrogens is 2. The average Bonchev–Trinajstić information content (AvgIpc) is 3.10. The van der Waals surface area contributed by atoms with Gasteiger partial charge in [-0.25, -0.2) is 9.18 Å². The van der Waals surface area contributed by atoms with E-state index in [4.69, 9.17) is 0 Å². The Bertz CT molecular complexity index is 950. The van der Waals surface area contributed by atoms with Crippen molar-refractivity contribution in [3.8, 4) is 0 Å². The second-order valence-corrected chi connectivity index (χ2v) is 6.53. The summed E-state index contributed by atoms with van der Waals surface area (Å²) < 4.78 is 16.0. The van der Waals surface area contributed by atoms with E-state index in [0.29, 0.717) is 25.3 Å². The van der Waals surface area contributed by atoms with Crippen molar-refractivity contribution >= 4 is 11.6 Å². The lowest BCUT2D eigenvalue weighted by Gasteiger charge is -2.19. The second-order valence-electron chi connectivity index (χ2n) is 6.53. The lowest BCUT2D eigenvalue weighted by Crippen LogP contribution is -2.42. The number of benzene rings is 1. The predicted molar refractivity (Wildman–Crippen MR) is 96.0 cm³/mol. The molecule has 0 spiro atoms. The molecule has 3 rings (SSSR count). The van der Waals surface area contributed by atoms with Crippen LogP contribution in [0.25, 0.3) is 0 Å². The highest BCUT2D eigenvalue weighted by Crippen LogP contribution is 2.25. The number of nitrogens with zero attached hydrogens (tertiary/aromatic N) is 3. The van der Waals surface area contributed by atoms with Gasteiger partial charge in [-0.3, -0.25) is 18.7 Å². The molecule has 1 N–H and O–H groups in total. The highest BCUT2D eigenvalue weighted by molar-refractivity contribution is 5.92. The van der Waals surface area contributed by atoms with E-state index in [0.717, 1.165) is 21.6 Å². The zero-order valence-corrected chi connectivity index (χ0v) is 14.7. The summed E-state index contributed by atoms with van der Waals surface area (Å²) in [6, 6.07) is 7.77. The lowest BCUT2D eigenvalue weighted by molar-refractivity contribution is 0.0938. The van der Waals surface area contributed by atoms with Crippen LogP contribution in [0.2, 0.25) is 0 Å². The van der Waals surface area contributed by atoms with E-state index in [1.54, 1.807) is 18.2 Å². The maximum Gasteiger partial charge on any atom is 0.331 e. The molecular formula is C18H21FN4O3. The topological polar surface area (TPSA) is 76.3 Å². The number of carbonyl (C=O) groups is 1. The Morgan fingerprint density at radius 3 is 2.69 bits per heavy atom. The molecule has 0 radical (unpaired) electrons. The van der Waals surface area contributed by atoms with Crippen LogP contribution in [0.1, 0.15) is 16.9 Å². The van der Waals surface area contributed by atoms with Crippen LogP contribution in [0.3, 0.4) is 0 Å². The highest BCUT2D eigenvalue weighted by atomic mass is 19.1. The lowest BCUT2D eigenvalue weighted by atomic mass is 10.1. The van der Waals surface area contributed by atoms with E-state index in [1.807, 2.05) is 4.90 Å². The summed E-state index contributed by atoms with van der Waals surface area (Å²) >= 11 is 0. The van der Waals surface area contributed by atoms with E-state index in [1.165, 1.54) is 20.2 Å². The first-order valence-corrected chi connectivity index (χ1v) is 8.43. The average molecular weight is 360 g/mol. The van der Waals surface area contributed by atoms with E-state index >= 15 is 0 Å². The Labute approximate surface area is 149 Å². The van der Waals surface area contributed by atoms with Gasteiger partial charge in [-0.2, -0.15) is 0 Å². The molecule has 26 heavy (non-hydrogen) atoms. The maximum atomic E-state index is 13.9. The van der Waals surface area contributed by atoms with Gasteiger partial charge in [-0.15, -0.1) is 0 Å². The molecule has 2 heterocycles. The standard InChI is InChI=1S/C18H21FN4O3/c1-21-15(9-16(24)22(2)18(21)26)17(25)20-10-12-7-8-23(11-12)14-6-4-3-5-13(14)19/h3-6,9,12H,7-8,10-11H2,1-2H3,(H,20,25)/t12-/m0/s1. The third-order valence-electron chi connectivity index (χ3n) is 4.79. The third-order valence-corrected chi connectivity index (χ3v) is 4.79. The molecule has 1 saturated heterocycles. The van der Waals surface area contributed by atoms with Gasteiger partial charge in [0.05, 0.1) is 5.69 Å². The Balaban J connectivity index is 1.64. The molecule has 1 atom stereocenters. The van der Waals surface area contributed by atoms with Crippen LogP contribution >= 0.6 is 0 Å². The number of carbonyl (C=O) groups excluding carboxylic acids is 1. The summed E-state index contributed by atoms with van der Waals surface area (Å²) in [6.07, 6.45) is 0.824. The van der Waals surface area contributed by atoms with Crippen LogP contribution in [0, 0.1) is 11.7 Å². The monoisotopic (exact) mass is 360 g/mol. The van der Waals surface area contributed by atoms with Crippen LogP contribution in [-0.4, -0.2) is 34.7 Å². The number of anilines is 1. The molecule has 1 amide bonds. The molecule has 0 aliphatic carbocycles. The number of amides is 1. The van der Waals surface area contributed by atoms with Gasteiger partial charge in [0.1, 0.15) is 11.5 Å². The van der Waals surface area contributed by atoms with Gasteiger partial charge >= 0.3 is 5.69 Å². The van der Waals surface area contributed by atoms with Crippen molar-refractivity contribution in [2.24, 2.45) is 20.0 Å². The van der Waals surface area contributed by atoms with Crippen molar-refractivity contribution in [3.05, 3.63) is 62.7 Å². The zero-order chi connectivity index (χ0) is 18.8. The molecule has 1 aliphatic heterocycles. The van der Waals surface area contributed by atoms with Gasteiger partial charge in [-0.1, -0.05) is 12.1 Å². The SMILES string of the molecule is Cn1c(C(=O)NC[C@@H]2CCN(c3ccccc3F)C2)cc(=O)n(C)c1=O. The van der Waals surface area contributed by atoms with Crippen LogP contribution < -0.4 is 21.5 Å². The molecule has 2 aromatic rings. The van der Waals surface area contributed by atoms with Crippen molar-refractivity contribution in [2.75, 3.05) is 24.5 Å². The molecule has 7 nitrogen and oxygen atoms in total. The van der Waals surface area contributed by atoms with E-state index in [2.05, 4.69) is 5.32 Å². The maximum absolute atomic E-state index is 13.9. The highest BCUT2D eigenvalue weighted by Gasteiger charge is 2.25. The zero-order valence-electron chi connectivity index (χ0n) is 14.7. The van der Waals surface area contributed by atoms with E-state index in [9.17, 15) is 18.8 Å². The molecule has 0 bridgehead atoms. The van der Waals surface area contributed by atoms with Gasteiger partial charge in [0, 0.05) is 39.8 Å². The summed E-state index contributed by atoms with van der Waals surface area (Å²) in [5.41, 5.74) is -0.476. The molecule has 8 heteroatoms. The van der Waals surface area contributed by atoms with Gasteiger partial charge < -0.3 is 10.2 Å². The summed E-state index contributed by atoms with van der Waals surface area (Å²) in [7, 11) is 2.81. The largest absolute Gasteiger partial charge is 0.369 e. The van der Waals surface area contributed by atoms with E-state index in [-0.39, 0.29) is 17.4 Å². The Morgan fingerprint density at radius 1 is 1.23 bits per heavy atom. The van der Waals surface area contributed by atoms with Gasteiger partial charge in [-0.05, 0) is 24.5 Å². The van der Waals surface area contributed by atoms with Crippen LogP contribution in [-0.2, 0) is 14.1 Å². The summed E-state index contributed by atoms with van der Waals surface area (Å²) in [5.74, 6) is -0.555. The van der Waals surface area contributed by atoms with Crippen LogP contribution in [0.5, 0.6) is 0 Å². The summed E-state index contributed by atoms with van der Waals surface area (Å²) in [6.45, 7) is 1.75. The number of rotatable bonds is 4. The first kappa shape index (κ1) is 17.9. The minimum absolute atomic E-state index is 0.0297. The third kappa shape index (κ3) is 3.40. The number of nitrogens with one attached hydrogen (secondary N) is 1. The summed E-state index contributed by atoms with van der Waals surface area (Å²) in [4.78, 5) is 38.0. The van der Waals surface area contributed by atoms with Crippen molar-refractivity contribution in [1.82, 2.24) is 14.5 Å². The summed E-state index contributed by atoms with van der Waals surface area (Å²) in [5, 5.41) is 2.78. The van der Waals surface area contributed by atoms with Gasteiger partial charge in [0.2, 0.25) is 0 Å². The second kappa shape index (κ2) is 7.15. The number of para-hydroxylation sites is 1. The first-order chi connectivity index (χ1) is 12.4. The molecule has 1 aliphatic rings. The number of halogens is 1. The molecule has 0 unspecified atom stereocenters. The molecule has 1 aromatic carbocycles. The van der Waals surface area contributed by atoms with E-state index < -0.39 is 17.2 Å². The number of hydrogen-bond acceptors (Lipinski definition) is 4. The van der Waals surface area contributed by atoms with Crippen molar-refractivity contribution in [3.63, 3.8) is 0 Å². The van der Waals surface area contributed by atoms with Crippen molar-refractivity contribution in [2.45, 2.75) is 6.42 Å². The van der Waals surface area contributed by atoms with Gasteiger partial charge in [0.15, 0.2) is 0 Å². The quantitative estimate of drug-likeness (QED) is 0.861. The van der Waals surface area contributed by atoms with Crippen molar-refractivity contribution in [1.29, 1.82) is 0 Å². The molecular weight excluding hydrogens is 339 g/mol. The Hall–Kier alpha value is -2.90. The fourth-order valence-electron chi connectivity index (χ4n) is 3.20. The Morgan fingerprint density at radius 2 is 1.96 bits per heavy atom. The first-order valence-electron chi connectivity index (χ1n) is 8.43. The van der Waals surface area contributed by atoms with Crippen LogP contribution in [0.4, 0.5) is 10.1 Å². The minimum Gasteiger partial charge on any atom is -0.369 e. The molecule has 1 fully saturated rings. The van der Waals surface area contributed by atoms with Crippen molar-refractivity contribution < 1.29 is 9.18 Å². The smallest absolute Gasteiger partial charge is 0.331 e. The van der Waals surface area contributed by atoms with Crippen LogP contribution in [0.15, 0.2) is 39.9 Å². The molecule has 0 saturated carbocycles. The normalized spacial score (nSPS) is 16.7. The molecule has 138 valence electrons. The molecule has 1 aromatic heterocycles. The fraction of sp³-hybridized carbons (Fsp3) is 0.389. The number of hydrogen-bond donors (Lipinski definition) is 1. The minimum atomic E-state index is -0.547. The van der Waals surface area contributed by atoms with Gasteiger partial charge in [0.25, 0.3) is 11.5 Å².